The Bertz CT molecular complexity index is 551. The van der Waals surface area contributed by atoms with Gasteiger partial charge in [0.1, 0.15) is 5.41 Å². The minimum Gasteiger partial charge on any atom is -0.334 e. The number of amides is 1. The van der Waals surface area contributed by atoms with Crippen molar-refractivity contribution >= 4 is 17.2 Å². The molecule has 1 aliphatic heterocycles. The smallest absolute Gasteiger partial charge is 0.243 e. The van der Waals surface area contributed by atoms with E-state index in [0.717, 1.165) is 45.1 Å². The van der Waals surface area contributed by atoms with E-state index in [1.807, 2.05) is 4.90 Å². The van der Waals surface area contributed by atoms with Crippen LogP contribution >= 0.6 is 11.3 Å². The molecule has 1 unspecified atom stereocenters. The first-order chi connectivity index (χ1) is 9.68. The zero-order valence-electron chi connectivity index (χ0n) is 11.9. The molecule has 2 aliphatic rings. The second-order valence-corrected chi connectivity index (χ2v) is 6.98. The molecule has 0 radical (unpaired) electrons. The second kappa shape index (κ2) is 5.21. The van der Waals surface area contributed by atoms with Crippen molar-refractivity contribution in [3.63, 3.8) is 0 Å². The monoisotopic (exact) mass is 288 g/mol. The molecular formula is C16H20N2OS. The topological polar surface area (TPSA) is 44.1 Å². The molecule has 20 heavy (non-hydrogen) atoms. The van der Waals surface area contributed by atoms with Crippen LogP contribution in [0.2, 0.25) is 0 Å². The lowest BCUT2D eigenvalue weighted by molar-refractivity contribution is -0.143. The number of nitrogens with zero attached hydrogens (tertiary/aromatic N) is 2. The van der Waals surface area contributed by atoms with Crippen LogP contribution in [0.1, 0.15) is 55.5 Å². The highest BCUT2D eigenvalue weighted by Crippen LogP contribution is 2.41. The summed E-state index contributed by atoms with van der Waals surface area (Å²) in [5, 5.41) is 11.7. The van der Waals surface area contributed by atoms with Crippen molar-refractivity contribution in [1.82, 2.24) is 4.90 Å². The van der Waals surface area contributed by atoms with Gasteiger partial charge in [0, 0.05) is 11.4 Å². The average molecular weight is 288 g/mol. The predicted molar refractivity (Wildman–Crippen MR) is 79.3 cm³/mol. The summed E-state index contributed by atoms with van der Waals surface area (Å²) >= 11 is 1.78. The standard InChI is InChI=1S/C16H20N2OS/c1-12-13-6-10-20-14(13)5-9-18(12)15(19)16(11-17)7-3-2-4-8-16/h6,10,12H,2-5,7-9H2,1H3. The highest BCUT2D eigenvalue weighted by molar-refractivity contribution is 7.10. The molecule has 3 nitrogen and oxygen atoms in total. The summed E-state index contributed by atoms with van der Waals surface area (Å²) in [7, 11) is 0. The van der Waals surface area contributed by atoms with Crippen LogP contribution in [0.5, 0.6) is 0 Å². The highest BCUT2D eigenvalue weighted by Gasteiger charge is 2.44. The molecule has 1 atom stereocenters. The Hall–Kier alpha value is -1.34. The summed E-state index contributed by atoms with van der Waals surface area (Å²) in [5.74, 6) is 0.0732. The molecule has 0 saturated heterocycles. The zero-order valence-corrected chi connectivity index (χ0v) is 12.7. The van der Waals surface area contributed by atoms with Gasteiger partial charge < -0.3 is 4.90 Å². The van der Waals surface area contributed by atoms with E-state index in [0.29, 0.717) is 0 Å². The fourth-order valence-corrected chi connectivity index (χ4v) is 4.55. The third-order valence-corrected chi connectivity index (χ3v) is 5.87. The van der Waals surface area contributed by atoms with Crippen LogP contribution < -0.4 is 0 Å². The Morgan fingerprint density at radius 2 is 2.20 bits per heavy atom. The Morgan fingerprint density at radius 3 is 2.90 bits per heavy atom. The van der Waals surface area contributed by atoms with Crippen molar-refractivity contribution in [3.8, 4) is 6.07 Å². The maximum atomic E-state index is 13.0. The lowest BCUT2D eigenvalue weighted by Gasteiger charge is -2.40. The number of carbonyl (C=O) groups excluding carboxylic acids is 1. The van der Waals surface area contributed by atoms with E-state index in [9.17, 15) is 10.1 Å². The fourth-order valence-electron chi connectivity index (χ4n) is 3.59. The van der Waals surface area contributed by atoms with Crippen molar-refractivity contribution in [2.75, 3.05) is 6.54 Å². The van der Waals surface area contributed by atoms with E-state index in [1.54, 1.807) is 11.3 Å². The molecule has 2 heterocycles. The van der Waals surface area contributed by atoms with Crippen molar-refractivity contribution in [2.24, 2.45) is 5.41 Å². The number of fused-ring (bicyclic) bond motifs is 1. The summed E-state index contributed by atoms with van der Waals surface area (Å²) in [6.07, 6.45) is 5.58. The first-order valence-corrected chi connectivity index (χ1v) is 8.34. The van der Waals surface area contributed by atoms with Crippen molar-refractivity contribution in [3.05, 3.63) is 21.9 Å². The minimum atomic E-state index is -0.750. The van der Waals surface area contributed by atoms with Crippen molar-refractivity contribution in [1.29, 1.82) is 5.26 Å². The van der Waals surface area contributed by atoms with Gasteiger partial charge in [0.15, 0.2) is 0 Å². The third-order valence-electron chi connectivity index (χ3n) is 4.87. The molecule has 1 aromatic rings. The number of nitriles is 1. The van der Waals surface area contributed by atoms with Crippen LogP contribution in [0.4, 0.5) is 0 Å². The molecule has 106 valence electrons. The molecule has 1 aliphatic carbocycles. The highest BCUT2D eigenvalue weighted by atomic mass is 32.1. The summed E-state index contributed by atoms with van der Waals surface area (Å²) < 4.78 is 0. The number of hydrogen-bond donors (Lipinski definition) is 0. The fraction of sp³-hybridized carbons (Fsp3) is 0.625. The van der Waals surface area contributed by atoms with Gasteiger partial charge in [0.2, 0.25) is 5.91 Å². The molecule has 4 heteroatoms. The van der Waals surface area contributed by atoms with Gasteiger partial charge in [0.25, 0.3) is 0 Å². The van der Waals surface area contributed by atoms with Crippen LogP contribution in [-0.2, 0) is 11.2 Å². The largest absolute Gasteiger partial charge is 0.334 e. The molecule has 1 fully saturated rings. The lowest BCUT2D eigenvalue weighted by Crippen LogP contribution is -2.47. The quantitative estimate of drug-likeness (QED) is 0.791. The summed E-state index contributed by atoms with van der Waals surface area (Å²) in [4.78, 5) is 16.3. The maximum Gasteiger partial charge on any atom is 0.243 e. The average Bonchev–Trinajstić information content (AvgIpc) is 2.97. The van der Waals surface area contributed by atoms with Gasteiger partial charge in [-0.1, -0.05) is 19.3 Å². The molecule has 0 bridgehead atoms. The van der Waals surface area contributed by atoms with E-state index in [1.165, 1.54) is 10.4 Å². The van der Waals surface area contributed by atoms with E-state index >= 15 is 0 Å². The van der Waals surface area contributed by atoms with Crippen molar-refractivity contribution in [2.45, 2.75) is 51.5 Å². The Labute approximate surface area is 124 Å². The van der Waals surface area contributed by atoms with E-state index in [2.05, 4.69) is 24.4 Å². The first-order valence-electron chi connectivity index (χ1n) is 7.46. The Morgan fingerprint density at radius 1 is 1.45 bits per heavy atom. The third kappa shape index (κ3) is 2.05. The van der Waals surface area contributed by atoms with E-state index < -0.39 is 5.41 Å². The number of thiophene rings is 1. The molecule has 3 rings (SSSR count). The second-order valence-electron chi connectivity index (χ2n) is 5.98. The number of rotatable bonds is 1. The number of carbonyl (C=O) groups is 1. The molecule has 0 aromatic carbocycles. The molecule has 0 spiro atoms. The molecule has 1 aromatic heterocycles. The predicted octanol–water partition coefficient (Wildman–Crippen LogP) is 3.67. The van der Waals surface area contributed by atoms with Gasteiger partial charge in [0.05, 0.1) is 12.1 Å². The van der Waals surface area contributed by atoms with Crippen LogP contribution in [0.25, 0.3) is 0 Å². The van der Waals surface area contributed by atoms with Gasteiger partial charge in [-0.3, -0.25) is 4.79 Å². The summed E-state index contributed by atoms with van der Waals surface area (Å²) in [6, 6.07) is 4.61. The number of hydrogen-bond acceptors (Lipinski definition) is 3. The molecule has 1 amide bonds. The Balaban J connectivity index is 1.86. The van der Waals surface area contributed by atoms with Gasteiger partial charge in [-0.2, -0.15) is 5.26 Å². The maximum absolute atomic E-state index is 13.0. The van der Waals surface area contributed by atoms with Gasteiger partial charge in [-0.15, -0.1) is 11.3 Å². The van der Waals surface area contributed by atoms with E-state index in [4.69, 9.17) is 0 Å². The molecule has 0 N–H and O–H groups in total. The van der Waals surface area contributed by atoms with Gasteiger partial charge in [-0.05, 0) is 43.2 Å². The van der Waals surface area contributed by atoms with Gasteiger partial charge in [-0.25, -0.2) is 0 Å². The van der Waals surface area contributed by atoms with Crippen LogP contribution in [0, 0.1) is 16.7 Å². The minimum absolute atomic E-state index is 0.0732. The van der Waals surface area contributed by atoms with Crippen LogP contribution in [0.15, 0.2) is 11.4 Å². The summed E-state index contributed by atoms with van der Waals surface area (Å²) in [6.45, 7) is 2.85. The lowest BCUT2D eigenvalue weighted by atomic mass is 9.73. The van der Waals surface area contributed by atoms with E-state index in [-0.39, 0.29) is 11.9 Å². The van der Waals surface area contributed by atoms with Gasteiger partial charge >= 0.3 is 0 Å². The Kier molecular flexibility index (Phi) is 3.55. The first kappa shape index (κ1) is 13.6. The normalized spacial score (nSPS) is 24.8. The molecular weight excluding hydrogens is 268 g/mol. The summed E-state index contributed by atoms with van der Waals surface area (Å²) in [5.41, 5.74) is 0.526. The molecule has 1 saturated carbocycles. The van der Waals surface area contributed by atoms with Crippen molar-refractivity contribution < 1.29 is 4.79 Å². The zero-order chi connectivity index (χ0) is 14.2. The SMILES string of the molecule is CC1c2ccsc2CCN1C(=O)C1(C#N)CCCCC1. The van der Waals surface area contributed by atoms with Crippen LogP contribution in [0.3, 0.4) is 0 Å². The van der Waals surface area contributed by atoms with Crippen LogP contribution in [-0.4, -0.2) is 17.4 Å².